The highest BCUT2D eigenvalue weighted by Crippen LogP contribution is 2.36. The Bertz CT molecular complexity index is 848. The first-order chi connectivity index (χ1) is 13.1. The summed E-state index contributed by atoms with van der Waals surface area (Å²) in [6.07, 6.45) is 0. The standard InChI is InChI=1S/C23H29ClN2O2/c1-23(2,3)20-14-17(21(27)16-5-7-19(24)8-6-16)13-18(22(20)28)15-26-11-9-25(4)10-12-26/h5-8,13-14,28H,9-12,15H2,1-4H3. The highest BCUT2D eigenvalue weighted by molar-refractivity contribution is 6.30. The molecule has 0 aromatic heterocycles. The molecule has 2 aromatic rings. The van der Waals surface area contributed by atoms with Gasteiger partial charge in [0, 0.05) is 60.0 Å². The summed E-state index contributed by atoms with van der Waals surface area (Å²) in [6.45, 7) is 10.7. The van der Waals surface area contributed by atoms with Crippen LogP contribution in [0.4, 0.5) is 0 Å². The lowest BCUT2D eigenvalue weighted by atomic mass is 9.83. The number of halogens is 1. The van der Waals surface area contributed by atoms with Gasteiger partial charge < -0.3 is 10.0 Å². The van der Waals surface area contributed by atoms with Gasteiger partial charge in [-0.3, -0.25) is 9.69 Å². The first-order valence-corrected chi connectivity index (χ1v) is 10.1. The number of aromatic hydroxyl groups is 1. The smallest absolute Gasteiger partial charge is 0.193 e. The fourth-order valence-electron chi connectivity index (χ4n) is 3.53. The minimum Gasteiger partial charge on any atom is -0.507 e. The van der Waals surface area contributed by atoms with Crippen molar-refractivity contribution in [1.29, 1.82) is 0 Å². The van der Waals surface area contributed by atoms with Crippen molar-refractivity contribution < 1.29 is 9.90 Å². The van der Waals surface area contributed by atoms with Crippen molar-refractivity contribution in [3.05, 3.63) is 63.7 Å². The Morgan fingerprint density at radius 1 is 1.04 bits per heavy atom. The van der Waals surface area contributed by atoms with E-state index in [1.54, 1.807) is 24.3 Å². The lowest BCUT2D eigenvalue weighted by Crippen LogP contribution is -2.43. The largest absolute Gasteiger partial charge is 0.507 e. The summed E-state index contributed by atoms with van der Waals surface area (Å²) >= 11 is 5.96. The molecule has 5 heteroatoms. The van der Waals surface area contributed by atoms with E-state index in [2.05, 4.69) is 37.6 Å². The van der Waals surface area contributed by atoms with Gasteiger partial charge >= 0.3 is 0 Å². The van der Waals surface area contributed by atoms with Gasteiger partial charge in [-0.2, -0.15) is 0 Å². The van der Waals surface area contributed by atoms with E-state index in [9.17, 15) is 9.90 Å². The Hall–Kier alpha value is -1.88. The van der Waals surface area contributed by atoms with Crippen LogP contribution < -0.4 is 0 Å². The summed E-state index contributed by atoms with van der Waals surface area (Å²) in [6, 6.07) is 10.6. The van der Waals surface area contributed by atoms with E-state index in [4.69, 9.17) is 11.6 Å². The maximum Gasteiger partial charge on any atom is 0.193 e. The number of hydrogen-bond acceptors (Lipinski definition) is 4. The van der Waals surface area contributed by atoms with E-state index in [1.165, 1.54) is 0 Å². The van der Waals surface area contributed by atoms with Crippen LogP contribution in [0.25, 0.3) is 0 Å². The van der Waals surface area contributed by atoms with Crippen molar-refractivity contribution in [3.8, 4) is 5.75 Å². The Labute approximate surface area is 172 Å². The predicted octanol–water partition coefficient (Wildman–Crippen LogP) is 4.32. The summed E-state index contributed by atoms with van der Waals surface area (Å²) < 4.78 is 0. The van der Waals surface area contributed by atoms with Gasteiger partial charge in [0.2, 0.25) is 0 Å². The SMILES string of the molecule is CN1CCN(Cc2cc(C(=O)c3ccc(Cl)cc3)cc(C(C)(C)C)c2O)CC1. The number of carbonyl (C=O) groups excluding carboxylic acids is 1. The van der Waals surface area contributed by atoms with Gasteiger partial charge in [0.1, 0.15) is 5.75 Å². The van der Waals surface area contributed by atoms with Crippen LogP contribution in [0.1, 0.15) is 47.8 Å². The number of ketones is 1. The van der Waals surface area contributed by atoms with Crippen LogP contribution in [-0.4, -0.2) is 53.9 Å². The molecule has 2 aromatic carbocycles. The van der Waals surface area contributed by atoms with Crippen LogP contribution in [0.15, 0.2) is 36.4 Å². The van der Waals surface area contributed by atoms with Crippen LogP contribution in [0, 0.1) is 0 Å². The molecule has 4 nitrogen and oxygen atoms in total. The predicted molar refractivity (Wildman–Crippen MR) is 114 cm³/mol. The molecule has 0 unspecified atom stereocenters. The lowest BCUT2D eigenvalue weighted by Gasteiger charge is -2.33. The maximum absolute atomic E-state index is 13.1. The van der Waals surface area contributed by atoms with Crippen molar-refractivity contribution in [3.63, 3.8) is 0 Å². The molecular formula is C23H29ClN2O2. The Balaban J connectivity index is 1.98. The van der Waals surface area contributed by atoms with Gasteiger partial charge in [0.25, 0.3) is 0 Å². The molecule has 1 aliphatic rings. The van der Waals surface area contributed by atoms with Gasteiger partial charge in [-0.05, 0) is 48.9 Å². The molecule has 0 bridgehead atoms. The first-order valence-electron chi connectivity index (χ1n) is 9.72. The van der Waals surface area contributed by atoms with E-state index in [0.717, 1.165) is 37.3 Å². The van der Waals surface area contributed by atoms with Gasteiger partial charge in [0.15, 0.2) is 5.78 Å². The number of piperazine rings is 1. The molecule has 3 rings (SSSR count). The Morgan fingerprint density at radius 2 is 1.64 bits per heavy atom. The van der Waals surface area contributed by atoms with Crippen molar-refractivity contribution in [2.24, 2.45) is 0 Å². The quantitative estimate of drug-likeness (QED) is 0.776. The maximum atomic E-state index is 13.1. The van der Waals surface area contributed by atoms with Crippen LogP contribution in [0.3, 0.4) is 0 Å². The van der Waals surface area contributed by atoms with Gasteiger partial charge in [0.05, 0.1) is 0 Å². The fourth-order valence-corrected chi connectivity index (χ4v) is 3.66. The molecule has 150 valence electrons. The van der Waals surface area contributed by atoms with E-state index in [-0.39, 0.29) is 11.2 Å². The second-order valence-corrected chi connectivity index (χ2v) is 9.13. The van der Waals surface area contributed by atoms with Gasteiger partial charge in [-0.15, -0.1) is 0 Å². The first kappa shape index (κ1) is 20.8. The number of carbonyl (C=O) groups is 1. The topological polar surface area (TPSA) is 43.8 Å². The van der Waals surface area contributed by atoms with Gasteiger partial charge in [-0.1, -0.05) is 32.4 Å². The summed E-state index contributed by atoms with van der Waals surface area (Å²) in [5.41, 5.74) is 2.55. The second kappa shape index (κ2) is 8.24. The van der Waals surface area contributed by atoms with E-state index >= 15 is 0 Å². The number of rotatable bonds is 4. The zero-order valence-corrected chi connectivity index (χ0v) is 17.9. The average molecular weight is 401 g/mol. The van der Waals surface area contributed by atoms with Gasteiger partial charge in [-0.25, -0.2) is 0 Å². The molecule has 0 amide bonds. The number of benzene rings is 2. The molecule has 1 aliphatic heterocycles. The molecule has 0 spiro atoms. The number of phenols is 1. The van der Waals surface area contributed by atoms with Crippen molar-refractivity contribution >= 4 is 17.4 Å². The highest BCUT2D eigenvalue weighted by Gasteiger charge is 2.25. The fraction of sp³-hybridized carbons (Fsp3) is 0.435. The molecule has 1 N–H and O–H groups in total. The zero-order valence-electron chi connectivity index (χ0n) is 17.1. The van der Waals surface area contributed by atoms with Crippen LogP contribution in [-0.2, 0) is 12.0 Å². The molecule has 28 heavy (non-hydrogen) atoms. The molecule has 1 fully saturated rings. The monoisotopic (exact) mass is 400 g/mol. The average Bonchev–Trinajstić information content (AvgIpc) is 2.64. The molecule has 1 heterocycles. The van der Waals surface area contributed by atoms with Crippen LogP contribution in [0.5, 0.6) is 5.75 Å². The number of phenolic OH excluding ortho intramolecular Hbond substituents is 1. The molecule has 1 saturated heterocycles. The molecular weight excluding hydrogens is 372 g/mol. The normalized spacial score (nSPS) is 16.3. The molecule has 0 atom stereocenters. The molecule has 0 saturated carbocycles. The summed E-state index contributed by atoms with van der Waals surface area (Å²) in [5.74, 6) is 0.251. The lowest BCUT2D eigenvalue weighted by molar-refractivity contribution is 0.103. The molecule has 0 radical (unpaired) electrons. The minimum absolute atomic E-state index is 0.0539. The summed E-state index contributed by atoms with van der Waals surface area (Å²) in [4.78, 5) is 17.7. The minimum atomic E-state index is -0.267. The van der Waals surface area contributed by atoms with Crippen molar-refractivity contribution in [2.45, 2.75) is 32.7 Å². The summed E-state index contributed by atoms with van der Waals surface area (Å²) in [7, 11) is 2.12. The third kappa shape index (κ3) is 4.75. The van der Waals surface area contributed by atoms with Crippen LogP contribution in [0.2, 0.25) is 5.02 Å². The highest BCUT2D eigenvalue weighted by atomic mass is 35.5. The Kier molecular flexibility index (Phi) is 6.13. The number of likely N-dealkylation sites (N-methyl/N-ethyl adjacent to an activating group) is 1. The van der Waals surface area contributed by atoms with E-state index in [0.29, 0.717) is 28.4 Å². The third-order valence-corrected chi connectivity index (χ3v) is 5.61. The van der Waals surface area contributed by atoms with Crippen molar-refractivity contribution in [1.82, 2.24) is 9.80 Å². The third-order valence-electron chi connectivity index (χ3n) is 5.36. The summed E-state index contributed by atoms with van der Waals surface area (Å²) in [5, 5.41) is 11.6. The number of hydrogen-bond donors (Lipinski definition) is 1. The molecule has 0 aliphatic carbocycles. The van der Waals surface area contributed by atoms with Crippen LogP contribution >= 0.6 is 11.6 Å². The van der Waals surface area contributed by atoms with E-state index in [1.807, 2.05) is 12.1 Å². The zero-order chi connectivity index (χ0) is 20.5. The second-order valence-electron chi connectivity index (χ2n) is 8.70. The Morgan fingerprint density at radius 3 is 2.21 bits per heavy atom. The van der Waals surface area contributed by atoms with Crippen molar-refractivity contribution in [2.75, 3.05) is 33.2 Å². The number of nitrogens with zero attached hydrogens (tertiary/aromatic N) is 2. The van der Waals surface area contributed by atoms with E-state index < -0.39 is 0 Å².